The molecule has 0 amide bonds. The smallest absolute Gasteiger partial charge is 0.200 e. The van der Waals surface area contributed by atoms with Crippen molar-refractivity contribution in [2.45, 2.75) is 12.7 Å². The molecule has 0 aromatic heterocycles. The molecule has 20 heavy (non-hydrogen) atoms. The van der Waals surface area contributed by atoms with Gasteiger partial charge in [-0.25, -0.2) is 0 Å². The van der Waals surface area contributed by atoms with E-state index in [1.807, 2.05) is 48.5 Å². The van der Waals surface area contributed by atoms with Gasteiger partial charge in [0, 0.05) is 6.42 Å². The van der Waals surface area contributed by atoms with Crippen LogP contribution in [-0.4, -0.2) is 18.5 Å². The van der Waals surface area contributed by atoms with Crippen LogP contribution in [0.15, 0.2) is 73.3 Å². The standard InChI is InChI=1S/C10H12O2.C7H8O/c1-2-6-10(11)12-9-7-4-3-5-8-9;1-8-7-5-3-2-4-6-7/h2-5,7-8,10-11H,1,6H2;2-6H,1H3. The SMILES string of the molecule is C=CCC(O)Oc1ccccc1.COc1ccccc1. The highest BCUT2D eigenvalue weighted by atomic mass is 16.6. The number of benzene rings is 2. The van der Waals surface area contributed by atoms with Crippen molar-refractivity contribution in [1.82, 2.24) is 0 Å². The van der Waals surface area contributed by atoms with Gasteiger partial charge >= 0.3 is 0 Å². The molecule has 0 spiro atoms. The van der Waals surface area contributed by atoms with Crippen LogP contribution in [0.2, 0.25) is 0 Å². The number of hydrogen-bond acceptors (Lipinski definition) is 3. The molecule has 1 atom stereocenters. The van der Waals surface area contributed by atoms with Gasteiger partial charge in [0.25, 0.3) is 0 Å². The van der Waals surface area contributed by atoms with Gasteiger partial charge in [0.2, 0.25) is 6.29 Å². The van der Waals surface area contributed by atoms with Crippen molar-refractivity contribution in [3.05, 3.63) is 73.3 Å². The monoisotopic (exact) mass is 272 g/mol. The minimum absolute atomic E-state index is 0.439. The number of hydrogen-bond donors (Lipinski definition) is 1. The maximum absolute atomic E-state index is 9.21. The van der Waals surface area contributed by atoms with Crippen LogP contribution in [0.4, 0.5) is 0 Å². The quantitative estimate of drug-likeness (QED) is 0.667. The summed E-state index contributed by atoms with van der Waals surface area (Å²) < 4.78 is 10.1. The van der Waals surface area contributed by atoms with Crippen molar-refractivity contribution < 1.29 is 14.6 Å². The van der Waals surface area contributed by atoms with Crippen LogP contribution >= 0.6 is 0 Å². The molecule has 2 aromatic carbocycles. The predicted octanol–water partition coefficient (Wildman–Crippen LogP) is 3.66. The van der Waals surface area contributed by atoms with Gasteiger partial charge in [0.15, 0.2) is 0 Å². The lowest BCUT2D eigenvalue weighted by atomic mass is 10.3. The number of aliphatic hydroxyl groups excluding tert-OH is 1. The minimum atomic E-state index is -0.787. The van der Waals surface area contributed by atoms with E-state index in [2.05, 4.69) is 6.58 Å². The molecule has 0 aliphatic rings. The van der Waals surface area contributed by atoms with Crippen molar-refractivity contribution in [1.29, 1.82) is 0 Å². The number of aliphatic hydroxyl groups is 1. The Balaban J connectivity index is 0.000000217. The summed E-state index contributed by atoms with van der Waals surface area (Å²) in [6, 6.07) is 18.9. The van der Waals surface area contributed by atoms with Crippen molar-refractivity contribution in [3.8, 4) is 11.5 Å². The maximum atomic E-state index is 9.21. The topological polar surface area (TPSA) is 38.7 Å². The van der Waals surface area contributed by atoms with E-state index in [0.29, 0.717) is 12.2 Å². The number of ether oxygens (including phenoxy) is 2. The first-order valence-electron chi connectivity index (χ1n) is 6.36. The van der Waals surface area contributed by atoms with E-state index >= 15 is 0 Å². The molecule has 0 heterocycles. The van der Waals surface area contributed by atoms with Crippen LogP contribution in [0, 0.1) is 0 Å². The van der Waals surface area contributed by atoms with E-state index in [1.165, 1.54) is 0 Å². The van der Waals surface area contributed by atoms with Gasteiger partial charge in [-0.1, -0.05) is 42.5 Å². The zero-order chi connectivity index (χ0) is 14.6. The summed E-state index contributed by atoms with van der Waals surface area (Å²) in [6.07, 6.45) is 1.27. The molecule has 1 N–H and O–H groups in total. The Morgan fingerprint density at radius 3 is 1.90 bits per heavy atom. The fourth-order valence-electron chi connectivity index (χ4n) is 1.40. The molecule has 0 fully saturated rings. The summed E-state index contributed by atoms with van der Waals surface area (Å²) in [5.41, 5.74) is 0. The van der Waals surface area contributed by atoms with Crippen LogP contribution in [-0.2, 0) is 0 Å². The van der Waals surface area contributed by atoms with Crippen LogP contribution in [0.3, 0.4) is 0 Å². The number of para-hydroxylation sites is 2. The van der Waals surface area contributed by atoms with E-state index in [0.717, 1.165) is 5.75 Å². The summed E-state index contributed by atoms with van der Waals surface area (Å²) in [5.74, 6) is 1.58. The molecule has 3 heteroatoms. The summed E-state index contributed by atoms with van der Waals surface area (Å²) in [6.45, 7) is 3.50. The van der Waals surface area contributed by atoms with Crippen molar-refractivity contribution in [2.24, 2.45) is 0 Å². The second kappa shape index (κ2) is 9.64. The van der Waals surface area contributed by atoms with Gasteiger partial charge in [-0.2, -0.15) is 0 Å². The van der Waals surface area contributed by atoms with Crippen molar-refractivity contribution in [2.75, 3.05) is 7.11 Å². The average Bonchev–Trinajstić information content (AvgIpc) is 2.50. The van der Waals surface area contributed by atoms with Gasteiger partial charge in [0.05, 0.1) is 7.11 Å². The number of methoxy groups -OCH3 is 1. The molecule has 106 valence electrons. The molecule has 2 aromatic rings. The Labute approximate surface area is 120 Å². The van der Waals surface area contributed by atoms with Crippen LogP contribution in [0.5, 0.6) is 11.5 Å². The normalized spacial score (nSPS) is 10.7. The minimum Gasteiger partial charge on any atom is -0.497 e. The Morgan fingerprint density at radius 1 is 1.00 bits per heavy atom. The fraction of sp³-hybridized carbons (Fsp3) is 0.176. The van der Waals surface area contributed by atoms with E-state index in [-0.39, 0.29) is 0 Å². The van der Waals surface area contributed by atoms with Gasteiger partial charge in [0.1, 0.15) is 11.5 Å². The van der Waals surface area contributed by atoms with E-state index in [9.17, 15) is 5.11 Å². The molecule has 0 saturated carbocycles. The lowest BCUT2D eigenvalue weighted by molar-refractivity contribution is -0.0136. The molecule has 3 nitrogen and oxygen atoms in total. The lowest BCUT2D eigenvalue weighted by Crippen LogP contribution is -2.13. The predicted molar refractivity (Wildman–Crippen MR) is 80.9 cm³/mol. The Kier molecular flexibility index (Phi) is 7.62. The molecule has 0 radical (unpaired) electrons. The molecule has 0 aliphatic carbocycles. The van der Waals surface area contributed by atoms with Gasteiger partial charge in [-0.3, -0.25) is 0 Å². The highest BCUT2D eigenvalue weighted by Crippen LogP contribution is 2.11. The van der Waals surface area contributed by atoms with Gasteiger partial charge < -0.3 is 14.6 Å². The van der Waals surface area contributed by atoms with Crippen LogP contribution < -0.4 is 9.47 Å². The summed E-state index contributed by atoms with van der Waals surface area (Å²) >= 11 is 0. The fourth-order valence-corrected chi connectivity index (χ4v) is 1.40. The second-order valence-electron chi connectivity index (χ2n) is 3.93. The Bertz CT molecular complexity index is 468. The van der Waals surface area contributed by atoms with Crippen molar-refractivity contribution >= 4 is 0 Å². The lowest BCUT2D eigenvalue weighted by Gasteiger charge is -2.10. The third-order valence-electron chi connectivity index (χ3n) is 2.36. The molecule has 0 saturated heterocycles. The molecule has 0 bridgehead atoms. The van der Waals surface area contributed by atoms with E-state index < -0.39 is 6.29 Å². The highest BCUT2D eigenvalue weighted by Gasteiger charge is 2.01. The molecule has 0 aliphatic heterocycles. The summed E-state index contributed by atoms with van der Waals surface area (Å²) in [5, 5.41) is 9.21. The van der Waals surface area contributed by atoms with E-state index in [1.54, 1.807) is 25.3 Å². The summed E-state index contributed by atoms with van der Waals surface area (Å²) in [7, 11) is 1.66. The maximum Gasteiger partial charge on any atom is 0.200 e. The van der Waals surface area contributed by atoms with Gasteiger partial charge in [-0.15, -0.1) is 6.58 Å². The van der Waals surface area contributed by atoms with Crippen LogP contribution in [0.25, 0.3) is 0 Å². The Morgan fingerprint density at radius 2 is 1.50 bits per heavy atom. The van der Waals surface area contributed by atoms with E-state index in [4.69, 9.17) is 9.47 Å². The van der Waals surface area contributed by atoms with Crippen molar-refractivity contribution in [3.63, 3.8) is 0 Å². The van der Waals surface area contributed by atoms with Gasteiger partial charge in [-0.05, 0) is 24.3 Å². The van der Waals surface area contributed by atoms with Crippen LogP contribution in [0.1, 0.15) is 6.42 Å². The molecular weight excluding hydrogens is 252 g/mol. The largest absolute Gasteiger partial charge is 0.497 e. The third kappa shape index (κ3) is 6.61. The number of rotatable bonds is 5. The zero-order valence-corrected chi connectivity index (χ0v) is 11.6. The third-order valence-corrected chi connectivity index (χ3v) is 2.36. The zero-order valence-electron chi connectivity index (χ0n) is 11.6. The first-order chi connectivity index (χ1) is 9.76. The molecule has 2 rings (SSSR count). The first-order valence-corrected chi connectivity index (χ1v) is 6.36. The average molecular weight is 272 g/mol. The first kappa shape index (κ1) is 15.8. The Hall–Kier alpha value is -2.26. The molecular formula is C17H20O3. The second-order valence-corrected chi connectivity index (χ2v) is 3.93. The highest BCUT2D eigenvalue weighted by molar-refractivity contribution is 5.21. The summed E-state index contributed by atoms with van der Waals surface area (Å²) in [4.78, 5) is 0. The molecule has 1 unspecified atom stereocenters.